The highest BCUT2D eigenvalue weighted by atomic mass is 16.2. The minimum Gasteiger partial charge on any atom is -0.339 e. The zero-order chi connectivity index (χ0) is 17.0. The fraction of sp³-hybridized carbons (Fsp3) is 0.389. The summed E-state index contributed by atoms with van der Waals surface area (Å²) in [6.07, 6.45) is 3.14. The van der Waals surface area contributed by atoms with Gasteiger partial charge in [-0.1, -0.05) is 17.7 Å². The predicted molar refractivity (Wildman–Crippen MR) is 93.2 cm³/mol. The maximum Gasteiger partial charge on any atom is 0.274 e. The number of benzene rings is 1. The number of aryl methyl sites for hydroxylation is 3. The van der Waals surface area contributed by atoms with E-state index in [1.807, 2.05) is 13.8 Å². The lowest BCUT2D eigenvalue weighted by molar-refractivity contribution is 0.0766. The molecule has 0 bridgehead atoms. The number of amides is 1. The molecule has 0 fully saturated rings. The molecule has 0 aliphatic rings. The first-order valence-electron chi connectivity index (χ1n) is 7.92. The van der Waals surface area contributed by atoms with E-state index >= 15 is 0 Å². The Hall–Kier alpha value is -2.43. The molecule has 0 spiro atoms. The van der Waals surface area contributed by atoms with Crippen molar-refractivity contribution in [3.05, 3.63) is 46.9 Å². The van der Waals surface area contributed by atoms with Gasteiger partial charge in [0.1, 0.15) is 11.5 Å². The molecule has 2 rings (SSSR count). The van der Waals surface area contributed by atoms with Gasteiger partial charge in [-0.05, 0) is 45.7 Å². The molecule has 5 nitrogen and oxygen atoms in total. The fourth-order valence-corrected chi connectivity index (χ4v) is 2.68. The highest BCUT2D eigenvalue weighted by Gasteiger charge is 2.14. The predicted octanol–water partition coefficient (Wildman–Crippen LogP) is 3.63. The summed E-state index contributed by atoms with van der Waals surface area (Å²) in [4.78, 5) is 22.5. The average molecular weight is 312 g/mol. The minimum absolute atomic E-state index is 0.0863. The topological polar surface area (TPSA) is 58.1 Å². The van der Waals surface area contributed by atoms with Gasteiger partial charge in [-0.25, -0.2) is 9.97 Å². The number of nitrogens with zero attached hydrogens (tertiary/aromatic N) is 3. The van der Waals surface area contributed by atoms with Crippen LogP contribution in [-0.4, -0.2) is 33.9 Å². The Bertz CT molecular complexity index is 668. The third-order valence-electron chi connectivity index (χ3n) is 3.85. The Morgan fingerprint density at radius 3 is 2.13 bits per heavy atom. The molecule has 0 aliphatic carbocycles. The second-order valence-electron chi connectivity index (χ2n) is 5.66. The summed E-state index contributed by atoms with van der Waals surface area (Å²) in [6, 6.07) is 4.25. The van der Waals surface area contributed by atoms with Crippen LogP contribution in [0, 0.1) is 20.8 Å². The van der Waals surface area contributed by atoms with Crippen LogP contribution in [0.15, 0.2) is 24.5 Å². The van der Waals surface area contributed by atoms with Gasteiger partial charge in [0.25, 0.3) is 5.91 Å². The Balaban J connectivity index is 2.19. The summed E-state index contributed by atoms with van der Waals surface area (Å²) < 4.78 is 0. The maximum absolute atomic E-state index is 12.2. The molecule has 122 valence electrons. The molecule has 0 unspecified atom stereocenters. The van der Waals surface area contributed by atoms with Crippen LogP contribution < -0.4 is 5.32 Å². The Morgan fingerprint density at radius 2 is 1.65 bits per heavy atom. The van der Waals surface area contributed by atoms with Crippen molar-refractivity contribution >= 4 is 17.4 Å². The highest BCUT2D eigenvalue weighted by Crippen LogP contribution is 2.24. The minimum atomic E-state index is -0.0863. The summed E-state index contributed by atoms with van der Waals surface area (Å²) in [7, 11) is 0. The smallest absolute Gasteiger partial charge is 0.274 e. The summed E-state index contributed by atoms with van der Waals surface area (Å²) in [5.41, 5.74) is 4.96. The molecule has 0 atom stereocenters. The molecule has 0 saturated heterocycles. The van der Waals surface area contributed by atoms with Gasteiger partial charge in [0.05, 0.1) is 12.4 Å². The van der Waals surface area contributed by atoms with Crippen LogP contribution in [-0.2, 0) is 0 Å². The highest BCUT2D eigenvalue weighted by molar-refractivity contribution is 5.92. The zero-order valence-electron chi connectivity index (χ0n) is 14.5. The van der Waals surface area contributed by atoms with Gasteiger partial charge in [-0.3, -0.25) is 4.79 Å². The van der Waals surface area contributed by atoms with E-state index in [0.717, 1.165) is 16.8 Å². The van der Waals surface area contributed by atoms with Crippen LogP contribution in [0.3, 0.4) is 0 Å². The molecule has 1 aromatic heterocycles. The van der Waals surface area contributed by atoms with E-state index in [9.17, 15) is 4.79 Å². The van der Waals surface area contributed by atoms with E-state index in [2.05, 4.69) is 48.2 Å². The van der Waals surface area contributed by atoms with Gasteiger partial charge in [-0.2, -0.15) is 0 Å². The molecule has 0 aliphatic heterocycles. The third-order valence-corrected chi connectivity index (χ3v) is 3.85. The Labute approximate surface area is 137 Å². The summed E-state index contributed by atoms with van der Waals surface area (Å²) in [5.74, 6) is 0.549. The van der Waals surface area contributed by atoms with Gasteiger partial charge in [0, 0.05) is 18.8 Å². The SMILES string of the molecule is CCN(CC)C(=O)c1cnc(Nc2c(C)cc(C)cc2C)cn1. The van der Waals surface area contributed by atoms with Crippen molar-refractivity contribution in [2.75, 3.05) is 18.4 Å². The van der Waals surface area contributed by atoms with E-state index in [1.54, 1.807) is 11.1 Å². The molecule has 5 heteroatoms. The van der Waals surface area contributed by atoms with Crippen molar-refractivity contribution in [2.24, 2.45) is 0 Å². The maximum atomic E-state index is 12.2. The van der Waals surface area contributed by atoms with Gasteiger partial charge in [-0.15, -0.1) is 0 Å². The van der Waals surface area contributed by atoms with Gasteiger partial charge in [0.2, 0.25) is 0 Å². The number of anilines is 2. The normalized spacial score (nSPS) is 10.5. The standard InChI is InChI=1S/C18H24N4O/c1-6-22(7-2)18(23)15-10-20-16(11-19-15)21-17-13(4)8-12(3)9-14(17)5/h8-11H,6-7H2,1-5H3,(H,20,21). The number of carbonyl (C=O) groups excluding carboxylic acids is 1. The lowest BCUT2D eigenvalue weighted by Crippen LogP contribution is -2.31. The van der Waals surface area contributed by atoms with Crippen LogP contribution in [0.25, 0.3) is 0 Å². The van der Waals surface area contributed by atoms with Crippen molar-refractivity contribution in [3.8, 4) is 0 Å². The van der Waals surface area contributed by atoms with Crippen molar-refractivity contribution in [1.29, 1.82) is 0 Å². The Kier molecular flexibility index (Phi) is 5.32. The van der Waals surface area contributed by atoms with E-state index < -0.39 is 0 Å². The van der Waals surface area contributed by atoms with Crippen LogP contribution >= 0.6 is 0 Å². The number of hydrogen-bond donors (Lipinski definition) is 1. The molecular weight excluding hydrogens is 288 g/mol. The zero-order valence-corrected chi connectivity index (χ0v) is 14.5. The third kappa shape index (κ3) is 3.86. The molecule has 1 heterocycles. The Morgan fingerprint density at radius 1 is 1.04 bits per heavy atom. The van der Waals surface area contributed by atoms with Gasteiger partial charge in [0.15, 0.2) is 0 Å². The van der Waals surface area contributed by atoms with Crippen LogP contribution in [0.5, 0.6) is 0 Å². The molecule has 0 saturated carbocycles. The molecule has 0 radical (unpaired) electrons. The van der Waals surface area contributed by atoms with Crippen LogP contribution in [0.2, 0.25) is 0 Å². The van der Waals surface area contributed by atoms with Gasteiger partial charge >= 0.3 is 0 Å². The van der Waals surface area contributed by atoms with E-state index in [0.29, 0.717) is 24.6 Å². The van der Waals surface area contributed by atoms with Crippen LogP contribution in [0.1, 0.15) is 41.0 Å². The molecular formula is C18H24N4O. The first-order valence-corrected chi connectivity index (χ1v) is 7.92. The quantitative estimate of drug-likeness (QED) is 0.916. The van der Waals surface area contributed by atoms with Crippen molar-refractivity contribution < 1.29 is 4.79 Å². The molecule has 1 aromatic carbocycles. The first kappa shape index (κ1) is 16.9. The lowest BCUT2D eigenvalue weighted by Gasteiger charge is -2.18. The number of rotatable bonds is 5. The summed E-state index contributed by atoms with van der Waals surface area (Å²) in [5, 5.41) is 3.29. The largest absolute Gasteiger partial charge is 0.339 e. The molecule has 23 heavy (non-hydrogen) atoms. The fourth-order valence-electron chi connectivity index (χ4n) is 2.68. The van der Waals surface area contributed by atoms with Crippen molar-refractivity contribution in [1.82, 2.24) is 14.9 Å². The second-order valence-corrected chi connectivity index (χ2v) is 5.66. The monoisotopic (exact) mass is 312 g/mol. The van der Waals surface area contributed by atoms with E-state index in [1.165, 1.54) is 11.8 Å². The van der Waals surface area contributed by atoms with E-state index in [4.69, 9.17) is 0 Å². The van der Waals surface area contributed by atoms with Gasteiger partial charge < -0.3 is 10.2 Å². The molecule has 1 amide bonds. The van der Waals surface area contributed by atoms with Crippen molar-refractivity contribution in [2.45, 2.75) is 34.6 Å². The molecule has 2 aromatic rings. The van der Waals surface area contributed by atoms with Crippen molar-refractivity contribution in [3.63, 3.8) is 0 Å². The van der Waals surface area contributed by atoms with E-state index in [-0.39, 0.29) is 5.91 Å². The van der Waals surface area contributed by atoms with Crippen LogP contribution in [0.4, 0.5) is 11.5 Å². The molecule has 1 N–H and O–H groups in total. The number of hydrogen-bond acceptors (Lipinski definition) is 4. The number of aromatic nitrogens is 2. The average Bonchev–Trinajstić information content (AvgIpc) is 2.52. The summed E-state index contributed by atoms with van der Waals surface area (Å²) in [6.45, 7) is 11.4. The number of nitrogens with one attached hydrogen (secondary N) is 1. The lowest BCUT2D eigenvalue weighted by atomic mass is 10.1. The first-order chi connectivity index (χ1) is 11.0. The summed E-state index contributed by atoms with van der Waals surface area (Å²) >= 11 is 0. The second kappa shape index (κ2) is 7.22. The number of carbonyl (C=O) groups is 1.